The van der Waals surface area contributed by atoms with E-state index >= 15 is 0 Å². The molecule has 0 atom stereocenters. The van der Waals surface area contributed by atoms with Crippen molar-refractivity contribution in [1.29, 1.82) is 0 Å². The molecule has 0 unspecified atom stereocenters. The van der Waals surface area contributed by atoms with Gasteiger partial charge in [-0.1, -0.05) is 42.5 Å². The number of hydrogen-bond donors (Lipinski definition) is 2. The zero-order chi connectivity index (χ0) is 11.7. The predicted molar refractivity (Wildman–Crippen MR) is 67.5 cm³/mol. The monoisotopic (exact) mass is 224 g/mol. The molecule has 0 amide bonds. The van der Waals surface area contributed by atoms with Crippen molar-refractivity contribution in [3.05, 3.63) is 54.5 Å². The van der Waals surface area contributed by atoms with Crippen LogP contribution in [0.3, 0.4) is 0 Å². The summed E-state index contributed by atoms with van der Waals surface area (Å²) in [6.07, 6.45) is 1.76. The van der Waals surface area contributed by atoms with Crippen LogP contribution in [0.25, 0.3) is 22.0 Å². The molecular weight excluding hydrogens is 212 g/mol. The van der Waals surface area contributed by atoms with Gasteiger partial charge in [-0.05, 0) is 10.8 Å². The second-order valence-corrected chi connectivity index (χ2v) is 3.93. The lowest BCUT2D eigenvalue weighted by Crippen LogP contribution is -1.85. The minimum Gasteiger partial charge on any atom is -0.388 e. The van der Waals surface area contributed by atoms with Gasteiger partial charge in [-0.25, -0.2) is 4.98 Å². The SMILES string of the molecule is OCc1ncc(-c2cccc3ccccc23)[nH]1. The zero-order valence-electron chi connectivity index (χ0n) is 9.22. The Balaban J connectivity index is 2.23. The van der Waals surface area contributed by atoms with E-state index in [4.69, 9.17) is 5.11 Å². The standard InChI is InChI=1S/C14H12N2O/c17-9-14-15-8-13(16-14)12-7-3-5-10-4-1-2-6-11(10)12/h1-8,17H,9H2,(H,15,16). The summed E-state index contributed by atoms with van der Waals surface area (Å²) in [7, 11) is 0. The molecule has 3 aromatic rings. The number of benzene rings is 2. The van der Waals surface area contributed by atoms with E-state index < -0.39 is 0 Å². The average Bonchev–Trinajstić information content (AvgIpc) is 2.87. The molecule has 2 N–H and O–H groups in total. The van der Waals surface area contributed by atoms with E-state index in [1.54, 1.807) is 6.20 Å². The fourth-order valence-corrected chi connectivity index (χ4v) is 2.04. The van der Waals surface area contributed by atoms with Gasteiger partial charge in [0.05, 0.1) is 11.9 Å². The van der Waals surface area contributed by atoms with Crippen LogP contribution in [0.1, 0.15) is 5.82 Å². The van der Waals surface area contributed by atoms with Crippen LogP contribution in [0.4, 0.5) is 0 Å². The summed E-state index contributed by atoms with van der Waals surface area (Å²) in [5.74, 6) is 0.591. The minimum atomic E-state index is -0.0647. The molecule has 3 nitrogen and oxygen atoms in total. The van der Waals surface area contributed by atoms with Gasteiger partial charge in [0.15, 0.2) is 0 Å². The quantitative estimate of drug-likeness (QED) is 0.703. The van der Waals surface area contributed by atoms with Gasteiger partial charge >= 0.3 is 0 Å². The summed E-state index contributed by atoms with van der Waals surface area (Å²) in [6, 6.07) is 14.4. The Hall–Kier alpha value is -2.13. The number of aromatic amines is 1. The van der Waals surface area contributed by atoms with Crippen LogP contribution in [-0.4, -0.2) is 15.1 Å². The molecule has 84 valence electrons. The minimum absolute atomic E-state index is 0.0647. The highest BCUT2D eigenvalue weighted by atomic mass is 16.3. The molecule has 1 aromatic heterocycles. The van der Waals surface area contributed by atoms with Crippen molar-refractivity contribution in [3.8, 4) is 11.3 Å². The summed E-state index contributed by atoms with van der Waals surface area (Å²) in [4.78, 5) is 7.22. The van der Waals surface area contributed by atoms with Crippen LogP contribution in [-0.2, 0) is 6.61 Å². The molecule has 0 aliphatic heterocycles. The zero-order valence-corrected chi connectivity index (χ0v) is 9.22. The Bertz CT molecular complexity index is 653. The lowest BCUT2D eigenvalue weighted by Gasteiger charge is -2.03. The van der Waals surface area contributed by atoms with E-state index in [0.29, 0.717) is 5.82 Å². The van der Waals surface area contributed by atoms with Crippen molar-refractivity contribution in [2.24, 2.45) is 0 Å². The largest absolute Gasteiger partial charge is 0.388 e. The number of imidazole rings is 1. The Morgan fingerprint density at radius 2 is 1.88 bits per heavy atom. The van der Waals surface area contributed by atoms with Crippen LogP contribution in [0.5, 0.6) is 0 Å². The van der Waals surface area contributed by atoms with Gasteiger partial charge in [0.25, 0.3) is 0 Å². The van der Waals surface area contributed by atoms with Crippen molar-refractivity contribution in [2.75, 3.05) is 0 Å². The topological polar surface area (TPSA) is 48.9 Å². The third-order valence-electron chi connectivity index (χ3n) is 2.86. The number of nitrogens with one attached hydrogen (secondary N) is 1. The van der Waals surface area contributed by atoms with E-state index in [0.717, 1.165) is 11.3 Å². The molecule has 0 aliphatic rings. The molecule has 0 fully saturated rings. The number of hydrogen-bond acceptors (Lipinski definition) is 2. The van der Waals surface area contributed by atoms with Gasteiger partial charge in [-0.3, -0.25) is 0 Å². The number of H-pyrrole nitrogens is 1. The first kappa shape index (κ1) is 10.1. The molecule has 0 radical (unpaired) electrons. The maximum Gasteiger partial charge on any atom is 0.132 e. The molecular formula is C14H12N2O. The fourth-order valence-electron chi connectivity index (χ4n) is 2.04. The number of aliphatic hydroxyl groups is 1. The maximum absolute atomic E-state index is 9.02. The third-order valence-corrected chi connectivity index (χ3v) is 2.86. The van der Waals surface area contributed by atoms with Crippen LogP contribution in [0, 0.1) is 0 Å². The van der Waals surface area contributed by atoms with Crippen molar-refractivity contribution in [1.82, 2.24) is 9.97 Å². The number of rotatable bonds is 2. The van der Waals surface area contributed by atoms with Gasteiger partial charge in [-0.2, -0.15) is 0 Å². The van der Waals surface area contributed by atoms with E-state index in [2.05, 4.69) is 34.2 Å². The molecule has 0 spiro atoms. The van der Waals surface area contributed by atoms with E-state index in [1.807, 2.05) is 18.2 Å². The smallest absolute Gasteiger partial charge is 0.132 e. The molecule has 17 heavy (non-hydrogen) atoms. The van der Waals surface area contributed by atoms with Crippen molar-refractivity contribution < 1.29 is 5.11 Å². The first-order valence-corrected chi connectivity index (χ1v) is 5.51. The Morgan fingerprint density at radius 3 is 2.71 bits per heavy atom. The average molecular weight is 224 g/mol. The van der Waals surface area contributed by atoms with Crippen LogP contribution in [0.2, 0.25) is 0 Å². The first-order valence-electron chi connectivity index (χ1n) is 5.51. The lowest BCUT2D eigenvalue weighted by molar-refractivity contribution is 0.272. The number of aromatic nitrogens is 2. The van der Waals surface area contributed by atoms with Crippen LogP contribution in [0.15, 0.2) is 48.7 Å². The highest BCUT2D eigenvalue weighted by Crippen LogP contribution is 2.27. The molecule has 0 aliphatic carbocycles. The first-order chi connectivity index (χ1) is 8.38. The third kappa shape index (κ3) is 1.70. The summed E-state index contributed by atoms with van der Waals surface area (Å²) in [5.41, 5.74) is 2.04. The Morgan fingerprint density at radius 1 is 1.06 bits per heavy atom. The van der Waals surface area contributed by atoms with Crippen molar-refractivity contribution in [2.45, 2.75) is 6.61 Å². The summed E-state index contributed by atoms with van der Waals surface area (Å²) < 4.78 is 0. The van der Waals surface area contributed by atoms with Gasteiger partial charge in [0, 0.05) is 5.56 Å². The lowest BCUT2D eigenvalue weighted by atomic mass is 10.0. The predicted octanol–water partition coefficient (Wildman–Crippen LogP) is 2.72. The molecule has 1 heterocycles. The van der Waals surface area contributed by atoms with E-state index in [1.165, 1.54) is 10.8 Å². The summed E-state index contributed by atoms with van der Waals surface area (Å²) in [6.45, 7) is -0.0647. The van der Waals surface area contributed by atoms with Crippen LogP contribution >= 0.6 is 0 Å². The summed E-state index contributed by atoms with van der Waals surface area (Å²) >= 11 is 0. The van der Waals surface area contributed by atoms with Crippen molar-refractivity contribution >= 4 is 10.8 Å². The molecule has 0 saturated carbocycles. The van der Waals surface area contributed by atoms with Gasteiger partial charge in [-0.15, -0.1) is 0 Å². The molecule has 3 heteroatoms. The maximum atomic E-state index is 9.02. The highest BCUT2D eigenvalue weighted by Gasteiger charge is 2.05. The normalized spacial score (nSPS) is 10.9. The van der Waals surface area contributed by atoms with E-state index in [9.17, 15) is 0 Å². The number of aliphatic hydroxyl groups excluding tert-OH is 1. The number of nitrogens with zero attached hydrogens (tertiary/aromatic N) is 1. The van der Waals surface area contributed by atoms with Gasteiger partial charge in [0.1, 0.15) is 12.4 Å². The fraction of sp³-hybridized carbons (Fsp3) is 0.0714. The van der Waals surface area contributed by atoms with Crippen LogP contribution < -0.4 is 0 Å². The Kier molecular flexibility index (Phi) is 2.38. The highest BCUT2D eigenvalue weighted by molar-refractivity contribution is 5.95. The summed E-state index contributed by atoms with van der Waals surface area (Å²) in [5, 5.41) is 11.4. The second kappa shape index (κ2) is 4.03. The Labute approximate surface area is 98.8 Å². The number of fused-ring (bicyclic) bond motifs is 1. The molecule has 2 aromatic carbocycles. The van der Waals surface area contributed by atoms with Gasteiger partial charge in [0.2, 0.25) is 0 Å². The molecule has 3 rings (SSSR count). The van der Waals surface area contributed by atoms with Gasteiger partial charge < -0.3 is 10.1 Å². The van der Waals surface area contributed by atoms with E-state index in [-0.39, 0.29) is 6.61 Å². The molecule has 0 saturated heterocycles. The molecule has 0 bridgehead atoms. The second-order valence-electron chi connectivity index (χ2n) is 3.93. The van der Waals surface area contributed by atoms with Crippen molar-refractivity contribution in [3.63, 3.8) is 0 Å².